The summed E-state index contributed by atoms with van der Waals surface area (Å²) in [5, 5.41) is 2.45. The van der Waals surface area contributed by atoms with Crippen LogP contribution in [0.1, 0.15) is 26.3 Å². The Bertz CT molecular complexity index is 584. The van der Waals surface area contributed by atoms with E-state index in [4.69, 9.17) is 14.2 Å². The van der Waals surface area contributed by atoms with E-state index in [0.29, 0.717) is 0 Å². The van der Waals surface area contributed by atoms with Crippen LogP contribution in [-0.2, 0) is 30.4 Å². The van der Waals surface area contributed by atoms with Crippen molar-refractivity contribution in [2.75, 3.05) is 20.3 Å². The van der Waals surface area contributed by atoms with Gasteiger partial charge >= 0.3 is 12.1 Å². The van der Waals surface area contributed by atoms with Gasteiger partial charge in [-0.2, -0.15) is 0 Å². The molecule has 0 aromatic heterocycles. The lowest BCUT2D eigenvalue weighted by Gasteiger charge is -2.26. The molecule has 0 radical (unpaired) electrons. The van der Waals surface area contributed by atoms with Gasteiger partial charge in [-0.15, -0.1) is 0 Å². The lowest BCUT2D eigenvalue weighted by atomic mass is 9.84. The van der Waals surface area contributed by atoms with Crippen molar-refractivity contribution in [1.82, 2.24) is 5.32 Å². The molecule has 0 aliphatic heterocycles. The van der Waals surface area contributed by atoms with Crippen LogP contribution < -0.4 is 5.32 Å². The van der Waals surface area contributed by atoms with Crippen molar-refractivity contribution < 1.29 is 28.6 Å². The molecule has 7 heteroatoms. The van der Waals surface area contributed by atoms with Crippen LogP contribution in [0.3, 0.4) is 0 Å². The fourth-order valence-electron chi connectivity index (χ4n) is 2.10. The molecule has 138 valence electrons. The summed E-state index contributed by atoms with van der Waals surface area (Å²) in [6.07, 6.45) is -0.765. The number of carbonyl (C=O) groups excluding carboxylic acids is 3. The normalized spacial score (nSPS) is 12.2. The van der Waals surface area contributed by atoms with E-state index in [-0.39, 0.29) is 19.8 Å². The zero-order valence-electron chi connectivity index (χ0n) is 15.0. The molecule has 0 fully saturated rings. The number of alkyl carbamates (subject to hydrolysis) is 1. The molecule has 0 bridgehead atoms. The van der Waals surface area contributed by atoms with Gasteiger partial charge in [0.2, 0.25) is 0 Å². The zero-order valence-corrected chi connectivity index (χ0v) is 15.0. The monoisotopic (exact) mass is 351 g/mol. The third-order valence-electron chi connectivity index (χ3n) is 3.56. The van der Waals surface area contributed by atoms with Gasteiger partial charge in [-0.05, 0) is 26.3 Å². The fraction of sp³-hybridized carbons (Fsp3) is 0.500. The lowest BCUT2D eigenvalue weighted by Crippen LogP contribution is -2.51. The highest BCUT2D eigenvalue weighted by Crippen LogP contribution is 2.21. The number of benzene rings is 1. The second-order valence-electron chi connectivity index (χ2n) is 5.92. The maximum Gasteiger partial charge on any atom is 0.408 e. The number of rotatable bonds is 9. The molecule has 25 heavy (non-hydrogen) atoms. The molecule has 1 aromatic rings. The van der Waals surface area contributed by atoms with E-state index in [2.05, 4.69) is 5.32 Å². The quantitative estimate of drug-likeness (QED) is 0.541. The molecule has 1 N–H and O–H groups in total. The average molecular weight is 351 g/mol. The number of amides is 1. The number of hydrogen-bond donors (Lipinski definition) is 1. The van der Waals surface area contributed by atoms with Gasteiger partial charge in [0.05, 0.1) is 13.2 Å². The molecule has 1 unspecified atom stereocenters. The first-order valence-corrected chi connectivity index (χ1v) is 8.00. The minimum atomic E-state index is -1.41. The Labute approximate surface area is 147 Å². The maximum atomic E-state index is 12.6. The lowest BCUT2D eigenvalue weighted by molar-refractivity contribution is -0.158. The number of carbonyl (C=O) groups is 3. The highest BCUT2D eigenvalue weighted by molar-refractivity contribution is 6.06. The second-order valence-corrected chi connectivity index (χ2v) is 5.92. The summed E-state index contributed by atoms with van der Waals surface area (Å²) in [5.41, 5.74) is -0.592. The van der Waals surface area contributed by atoms with Crippen LogP contribution in [-0.4, -0.2) is 44.2 Å². The summed E-state index contributed by atoms with van der Waals surface area (Å²) in [7, 11) is 1.40. The summed E-state index contributed by atoms with van der Waals surface area (Å²) in [6, 6.07) is 8.12. The highest BCUT2D eigenvalue weighted by atomic mass is 16.5. The molecule has 7 nitrogen and oxygen atoms in total. The predicted molar refractivity (Wildman–Crippen MR) is 90.8 cm³/mol. The first kappa shape index (κ1) is 20.6. The zero-order chi connectivity index (χ0) is 18.9. The topological polar surface area (TPSA) is 90.9 Å². The van der Waals surface area contributed by atoms with E-state index in [9.17, 15) is 14.4 Å². The third kappa shape index (κ3) is 6.19. The van der Waals surface area contributed by atoms with Gasteiger partial charge in [-0.1, -0.05) is 30.3 Å². The van der Waals surface area contributed by atoms with Crippen molar-refractivity contribution in [3.63, 3.8) is 0 Å². The second kappa shape index (κ2) is 9.78. The number of esters is 1. The number of nitrogens with one attached hydrogen (secondary N) is 1. The van der Waals surface area contributed by atoms with Crippen LogP contribution >= 0.6 is 0 Å². The standard InChI is InChI=1S/C18H25NO6/c1-5-24-16(21)18(2,3)15(20)14(12-23-4)19-17(22)25-11-13-9-7-6-8-10-13/h6-10,14H,5,11-12H2,1-4H3,(H,19,22). The van der Waals surface area contributed by atoms with Crippen LogP contribution in [0.4, 0.5) is 4.79 Å². The third-order valence-corrected chi connectivity index (χ3v) is 3.56. The first-order chi connectivity index (χ1) is 11.8. The molecule has 0 saturated heterocycles. The van der Waals surface area contributed by atoms with Crippen molar-refractivity contribution >= 4 is 17.8 Å². The number of ketones is 1. The van der Waals surface area contributed by atoms with Crippen LogP contribution in [0.25, 0.3) is 0 Å². The Balaban J connectivity index is 2.70. The van der Waals surface area contributed by atoms with E-state index in [1.807, 2.05) is 30.3 Å². The van der Waals surface area contributed by atoms with Gasteiger partial charge in [-0.25, -0.2) is 4.79 Å². The largest absolute Gasteiger partial charge is 0.465 e. The Morgan fingerprint density at radius 3 is 2.32 bits per heavy atom. The first-order valence-electron chi connectivity index (χ1n) is 8.00. The van der Waals surface area contributed by atoms with Crippen molar-refractivity contribution in [2.45, 2.75) is 33.4 Å². The molecule has 1 rings (SSSR count). The summed E-state index contributed by atoms with van der Waals surface area (Å²) in [6.45, 7) is 4.71. The maximum absolute atomic E-state index is 12.6. The summed E-state index contributed by atoms with van der Waals surface area (Å²) >= 11 is 0. The van der Waals surface area contributed by atoms with Crippen LogP contribution in [0.15, 0.2) is 30.3 Å². The molecular weight excluding hydrogens is 326 g/mol. The minimum absolute atomic E-state index is 0.0713. The van der Waals surface area contributed by atoms with E-state index in [0.717, 1.165) is 5.56 Å². The van der Waals surface area contributed by atoms with E-state index in [1.54, 1.807) is 6.92 Å². The SMILES string of the molecule is CCOC(=O)C(C)(C)C(=O)C(COC)NC(=O)OCc1ccccc1. The van der Waals surface area contributed by atoms with Gasteiger partial charge in [-0.3, -0.25) is 9.59 Å². The fourth-order valence-corrected chi connectivity index (χ4v) is 2.10. The van der Waals surface area contributed by atoms with Crippen LogP contribution in [0, 0.1) is 5.41 Å². The van der Waals surface area contributed by atoms with Gasteiger partial charge in [0, 0.05) is 7.11 Å². The van der Waals surface area contributed by atoms with Crippen molar-refractivity contribution in [3.05, 3.63) is 35.9 Å². The van der Waals surface area contributed by atoms with Crippen molar-refractivity contribution in [2.24, 2.45) is 5.41 Å². The van der Waals surface area contributed by atoms with Crippen molar-refractivity contribution in [1.29, 1.82) is 0 Å². The van der Waals surface area contributed by atoms with Gasteiger partial charge in [0.25, 0.3) is 0 Å². The molecule has 0 saturated carbocycles. The van der Waals surface area contributed by atoms with Gasteiger partial charge < -0.3 is 19.5 Å². The number of ether oxygens (including phenoxy) is 3. The number of methoxy groups -OCH3 is 1. The van der Waals surface area contributed by atoms with Crippen LogP contribution in [0.5, 0.6) is 0 Å². The number of Topliss-reactive ketones (excluding diaryl/α,β-unsaturated/α-hetero) is 1. The molecule has 0 spiro atoms. The summed E-state index contributed by atoms with van der Waals surface area (Å²) in [5.74, 6) is -1.16. The molecular formula is C18H25NO6. The van der Waals surface area contributed by atoms with E-state index in [1.165, 1.54) is 21.0 Å². The Kier molecular flexibility index (Phi) is 8.07. The highest BCUT2D eigenvalue weighted by Gasteiger charge is 2.42. The smallest absolute Gasteiger partial charge is 0.408 e. The molecule has 0 aliphatic carbocycles. The number of hydrogen-bond acceptors (Lipinski definition) is 6. The van der Waals surface area contributed by atoms with Crippen LogP contribution in [0.2, 0.25) is 0 Å². The van der Waals surface area contributed by atoms with Gasteiger partial charge in [0.1, 0.15) is 18.1 Å². The molecule has 0 heterocycles. The molecule has 1 amide bonds. The predicted octanol–water partition coefficient (Wildman–Crippen LogP) is 2.09. The molecule has 0 aliphatic rings. The van der Waals surface area contributed by atoms with E-state index < -0.39 is 29.3 Å². The Morgan fingerprint density at radius 2 is 1.76 bits per heavy atom. The van der Waals surface area contributed by atoms with E-state index >= 15 is 0 Å². The molecule has 1 aromatic carbocycles. The Hall–Kier alpha value is -2.41. The Morgan fingerprint density at radius 1 is 1.12 bits per heavy atom. The van der Waals surface area contributed by atoms with Crippen molar-refractivity contribution in [3.8, 4) is 0 Å². The van der Waals surface area contributed by atoms with Gasteiger partial charge in [0.15, 0.2) is 5.78 Å². The molecule has 1 atom stereocenters. The average Bonchev–Trinajstić information content (AvgIpc) is 2.60. The minimum Gasteiger partial charge on any atom is -0.465 e. The summed E-state index contributed by atoms with van der Waals surface area (Å²) in [4.78, 5) is 36.6. The summed E-state index contributed by atoms with van der Waals surface area (Å²) < 4.78 is 15.0.